The van der Waals surface area contributed by atoms with Crippen molar-refractivity contribution in [3.8, 4) is 0 Å². The van der Waals surface area contributed by atoms with Gasteiger partial charge in [0.05, 0.1) is 11.3 Å². The lowest BCUT2D eigenvalue weighted by molar-refractivity contribution is -0.118. The summed E-state index contributed by atoms with van der Waals surface area (Å²) in [5, 5.41) is 2.78. The number of nitrogens with one attached hydrogen (secondary N) is 1. The molecule has 0 atom stereocenters. The number of allylic oxidation sites excluding steroid dienone is 4. The van der Waals surface area contributed by atoms with Crippen LogP contribution in [0, 0.1) is 0 Å². The molecule has 3 N–H and O–H groups in total. The summed E-state index contributed by atoms with van der Waals surface area (Å²) in [6, 6.07) is 0. The Kier molecular flexibility index (Phi) is 2.90. The zero-order valence-corrected chi connectivity index (χ0v) is 8.95. The normalized spacial score (nSPS) is 20.0. The van der Waals surface area contributed by atoms with Crippen LogP contribution >= 0.6 is 0 Å². The first-order valence-corrected chi connectivity index (χ1v) is 5.38. The van der Waals surface area contributed by atoms with Gasteiger partial charge in [0.1, 0.15) is 0 Å². The van der Waals surface area contributed by atoms with Crippen molar-refractivity contribution >= 4 is 11.7 Å². The van der Waals surface area contributed by atoms with Gasteiger partial charge in [0, 0.05) is 12.1 Å². The highest BCUT2D eigenvalue weighted by atomic mass is 16.2. The molecule has 0 heterocycles. The fourth-order valence-corrected chi connectivity index (χ4v) is 1.83. The minimum atomic E-state index is -0.282. The molecular weight excluding hydrogens is 204 g/mol. The van der Waals surface area contributed by atoms with Crippen LogP contribution in [0.25, 0.3) is 0 Å². The molecule has 2 aliphatic rings. The molecule has 0 spiro atoms. The molecule has 0 fully saturated rings. The van der Waals surface area contributed by atoms with Crippen molar-refractivity contribution in [2.75, 3.05) is 0 Å². The smallest absolute Gasteiger partial charge is 0.257 e. The maximum absolute atomic E-state index is 11.8. The molecule has 0 bridgehead atoms. The van der Waals surface area contributed by atoms with Gasteiger partial charge in [0.2, 0.25) is 0 Å². The molecular formula is C12H14N2O2. The Labute approximate surface area is 93.9 Å². The lowest BCUT2D eigenvalue weighted by Gasteiger charge is -2.11. The molecule has 0 unspecified atom stereocenters. The molecule has 84 valence electrons. The Balaban J connectivity index is 2.12. The second kappa shape index (κ2) is 4.35. The van der Waals surface area contributed by atoms with E-state index in [0.717, 1.165) is 25.0 Å². The third kappa shape index (κ3) is 2.05. The maximum atomic E-state index is 11.8. The fraction of sp³-hybridized carbons (Fsp3) is 0.333. The minimum Gasteiger partial charge on any atom is -0.395 e. The fourth-order valence-electron chi connectivity index (χ4n) is 1.83. The number of hydrogen-bond acceptors (Lipinski definition) is 3. The van der Waals surface area contributed by atoms with E-state index in [0.29, 0.717) is 0 Å². The van der Waals surface area contributed by atoms with Crippen molar-refractivity contribution in [1.29, 1.82) is 0 Å². The Morgan fingerprint density at radius 2 is 2.25 bits per heavy atom. The van der Waals surface area contributed by atoms with Gasteiger partial charge >= 0.3 is 0 Å². The van der Waals surface area contributed by atoms with Crippen LogP contribution in [0.3, 0.4) is 0 Å². The lowest BCUT2D eigenvalue weighted by atomic mass is 10.0. The van der Waals surface area contributed by atoms with Crippen LogP contribution in [0.5, 0.6) is 0 Å². The van der Waals surface area contributed by atoms with Crippen molar-refractivity contribution in [3.05, 3.63) is 35.2 Å². The second-order valence-corrected chi connectivity index (χ2v) is 3.93. The van der Waals surface area contributed by atoms with Gasteiger partial charge in [0.15, 0.2) is 5.78 Å². The first-order valence-electron chi connectivity index (χ1n) is 5.38. The highest BCUT2D eigenvalue weighted by Gasteiger charge is 2.20. The number of nitrogens with two attached hydrogens (primary N) is 1. The summed E-state index contributed by atoms with van der Waals surface area (Å²) in [4.78, 5) is 23.1. The number of rotatable bonds is 2. The van der Waals surface area contributed by atoms with E-state index < -0.39 is 0 Å². The Morgan fingerprint density at radius 3 is 2.94 bits per heavy atom. The van der Waals surface area contributed by atoms with E-state index in [4.69, 9.17) is 5.73 Å². The number of amides is 1. The van der Waals surface area contributed by atoms with Gasteiger partial charge in [-0.05, 0) is 19.3 Å². The average molecular weight is 218 g/mol. The van der Waals surface area contributed by atoms with Crippen LogP contribution in [0.1, 0.15) is 25.7 Å². The van der Waals surface area contributed by atoms with Crippen molar-refractivity contribution in [2.45, 2.75) is 25.7 Å². The van der Waals surface area contributed by atoms with Gasteiger partial charge < -0.3 is 11.1 Å². The molecule has 16 heavy (non-hydrogen) atoms. The summed E-state index contributed by atoms with van der Waals surface area (Å²) < 4.78 is 0. The number of ketones is 1. The molecule has 4 nitrogen and oxygen atoms in total. The molecule has 0 aromatic rings. The largest absolute Gasteiger partial charge is 0.395 e. The van der Waals surface area contributed by atoms with E-state index in [1.807, 2.05) is 6.08 Å². The number of carbonyl (C=O) groups is 2. The van der Waals surface area contributed by atoms with Crippen molar-refractivity contribution in [2.24, 2.45) is 5.73 Å². The molecule has 2 rings (SSSR count). The Morgan fingerprint density at radius 1 is 1.44 bits per heavy atom. The van der Waals surface area contributed by atoms with Crippen LogP contribution in [0.4, 0.5) is 0 Å². The molecule has 0 saturated carbocycles. The van der Waals surface area contributed by atoms with Crippen molar-refractivity contribution in [3.63, 3.8) is 0 Å². The highest BCUT2D eigenvalue weighted by molar-refractivity contribution is 6.09. The summed E-state index contributed by atoms with van der Waals surface area (Å²) in [6.07, 6.45) is 8.51. The number of hydrogen-bond donors (Lipinski definition) is 2. The molecule has 0 aromatic heterocycles. The standard InChI is InChI=1S/C12H14N2O2/c13-11-9(6-3-7-10(11)15)12(16)14-8-4-1-2-5-8/h3-4,6H,1-2,5,7,13H2,(H,14,16). The zero-order valence-electron chi connectivity index (χ0n) is 8.95. The summed E-state index contributed by atoms with van der Waals surface area (Å²) in [5.74, 6) is -0.469. The summed E-state index contributed by atoms with van der Waals surface area (Å²) in [7, 11) is 0. The monoisotopic (exact) mass is 218 g/mol. The van der Waals surface area contributed by atoms with E-state index in [-0.39, 0.29) is 29.4 Å². The maximum Gasteiger partial charge on any atom is 0.257 e. The van der Waals surface area contributed by atoms with Gasteiger partial charge in [-0.25, -0.2) is 0 Å². The van der Waals surface area contributed by atoms with Crippen molar-refractivity contribution in [1.82, 2.24) is 5.32 Å². The molecule has 1 amide bonds. The topological polar surface area (TPSA) is 72.2 Å². The number of Topliss-reactive ketones (excluding diaryl/α,β-unsaturated/α-hetero) is 1. The number of carbonyl (C=O) groups excluding carboxylic acids is 2. The van der Waals surface area contributed by atoms with E-state index in [2.05, 4.69) is 5.32 Å². The molecule has 0 aromatic carbocycles. The van der Waals surface area contributed by atoms with Gasteiger partial charge in [-0.1, -0.05) is 18.2 Å². The summed E-state index contributed by atoms with van der Waals surface area (Å²) >= 11 is 0. The third-order valence-electron chi connectivity index (χ3n) is 2.74. The highest BCUT2D eigenvalue weighted by Crippen LogP contribution is 2.17. The van der Waals surface area contributed by atoms with Crippen LogP contribution in [-0.2, 0) is 9.59 Å². The quantitative estimate of drug-likeness (QED) is 0.723. The van der Waals surface area contributed by atoms with Crippen LogP contribution in [-0.4, -0.2) is 11.7 Å². The van der Waals surface area contributed by atoms with E-state index in [1.165, 1.54) is 0 Å². The average Bonchev–Trinajstić information content (AvgIpc) is 2.74. The van der Waals surface area contributed by atoms with Crippen LogP contribution in [0.15, 0.2) is 35.2 Å². The van der Waals surface area contributed by atoms with Gasteiger partial charge in [-0.15, -0.1) is 0 Å². The van der Waals surface area contributed by atoms with E-state index in [1.54, 1.807) is 12.2 Å². The van der Waals surface area contributed by atoms with Gasteiger partial charge in [0.25, 0.3) is 5.91 Å². The lowest BCUT2D eigenvalue weighted by Crippen LogP contribution is -2.28. The zero-order chi connectivity index (χ0) is 11.5. The minimum absolute atomic E-state index is 0.0681. The van der Waals surface area contributed by atoms with Crippen molar-refractivity contribution < 1.29 is 9.59 Å². The Hall–Kier alpha value is -1.84. The third-order valence-corrected chi connectivity index (χ3v) is 2.74. The first kappa shape index (κ1) is 10.7. The summed E-state index contributed by atoms with van der Waals surface area (Å²) in [5.41, 5.74) is 6.87. The van der Waals surface area contributed by atoms with Crippen LogP contribution < -0.4 is 11.1 Å². The molecule has 0 aliphatic heterocycles. The first-order chi connectivity index (χ1) is 7.68. The molecule has 0 saturated heterocycles. The predicted octanol–water partition coefficient (Wildman–Crippen LogP) is 0.912. The predicted molar refractivity (Wildman–Crippen MR) is 60.1 cm³/mol. The second-order valence-electron chi connectivity index (χ2n) is 3.93. The molecule has 2 aliphatic carbocycles. The van der Waals surface area contributed by atoms with Crippen LogP contribution in [0.2, 0.25) is 0 Å². The molecule has 0 radical (unpaired) electrons. The van der Waals surface area contributed by atoms with Gasteiger partial charge in [-0.2, -0.15) is 0 Å². The van der Waals surface area contributed by atoms with Gasteiger partial charge in [-0.3, -0.25) is 9.59 Å². The SMILES string of the molecule is NC1=C(C(=O)NC2=CCCC2)C=CCC1=O. The van der Waals surface area contributed by atoms with E-state index in [9.17, 15) is 9.59 Å². The van der Waals surface area contributed by atoms with E-state index >= 15 is 0 Å². The molecule has 4 heteroatoms. The summed E-state index contributed by atoms with van der Waals surface area (Å²) in [6.45, 7) is 0. The Bertz CT molecular complexity index is 430.